The average molecular weight is 359 g/mol. The Morgan fingerprint density at radius 3 is 2.76 bits per heavy atom. The van der Waals surface area contributed by atoms with Crippen LogP contribution in [0.2, 0.25) is 0 Å². The van der Waals surface area contributed by atoms with E-state index in [0.717, 1.165) is 36.9 Å². The van der Waals surface area contributed by atoms with Crippen molar-refractivity contribution in [3.8, 4) is 0 Å². The van der Waals surface area contributed by atoms with Gasteiger partial charge in [-0.05, 0) is 12.0 Å². The van der Waals surface area contributed by atoms with E-state index in [0.29, 0.717) is 13.0 Å². The summed E-state index contributed by atoms with van der Waals surface area (Å²) in [5.41, 5.74) is 2.27. The van der Waals surface area contributed by atoms with Gasteiger partial charge in [-0.25, -0.2) is 4.98 Å². The monoisotopic (exact) mass is 358 g/mol. The van der Waals surface area contributed by atoms with E-state index in [9.17, 15) is 4.79 Å². The zero-order valence-electron chi connectivity index (χ0n) is 14.9. The highest BCUT2D eigenvalue weighted by Crippen LogP contribution is 2.21. The van der Waals surface area contributed by atoms with Crippen molar-refractivity contribution in [3.63, 3.8) is 0 Å². The summed E-state index contributed by atoms with van der Waals surface area (Å²) in [5, 5.41) is 6.13. The van der Waals surface area contributed by atoms with Crippen LogP contribution in [0, 0.1) is 0 Å². The molecule has 1 aliphatic rings. The van der Waals surface area contributed by atoms with E-state index < -0.39 is 0 Å². The maximum Gasteiger partial charge on any atom is 0.224 e. The fourth-order valence-corrected chi connectivity index (χ4v) is 3.97. The van der Waals surface area contributed by atoms with E-state index in [1.165, 1.54) is 5.56 Å². The van der Waals surface area contributed by atoms with Crippen molar-refractivity contribution in [2.45, 2.75) is 38.9 Å². The molecule has 0 unspecified atom stereocenters. The molecule has 0 aliphatic carbocycles. The van der Waals surface area contributed by atoms with Crippen molar-refractivity contribution in [3.05, 3.63) is 47.0 Å². The standard InChI is InChI=1S/C19H26N4OS/c1-3-17-13-22(12-16-14-25-19(20-2)21-16)10-9-18(24)23(17)11-15-7-5-4-6-8-15/h4-8,14,17H,3,9-13H2,1-2H3,(H,20,21)/t17-/m1/s1. The molecule has 1 amide bonds. The number of nitrogens with zero attached hydrogens (tertiary/aromatic N) is 3. The van der Waals surface area contributed by atoms with Crippen LogP contribution in [0.4, 0.5) is 5.13 Å². The Balaban J connectivity index is 1.69. The lowest BCUT2D eigenvalue weighted by molar-refractivity contribution is -0.133. The number of anilines is 1. The molecule has 0 saturated carbocycles. The Morgan fingerprint density at radius 1 is 1.28 bits per heavy atom. The lowest BCUT2D eigenvalue weighted by Gasteiger charge is -2.31. The van der Waals surface area contributed by atoms with E-state index in [2.05, 4.69) is 44.5 Å². The smallest absolute Gasteiger partial charge is 0.224 e. The number of aromatic nitrogens is 1. The third kappa shape index (κ3) is 4.58. The van der Waals surface area contributed by atoms with Crippen molar-refractivity contribution in [1.82, 2.24) is 14.8 Å². The Morgan fingerprint density at radius 2 is 2.08 bits per heavy atom. The fraction of sp³-hybridized carbons (Fsp3) is 0.474. The maximum atomic E-state index is 12.7. The second-order valence-electron chi connectivity index (χ2n) is 6.45. The number of rotatable bonds is 6. The first-order valence-electron chi connectivity index (χ1n) is 8.87. The van der Waals surface area contributed by atoms with Crippen molar-refractivity contribution >= 4 is 22.4 Å². The summed E-state index contributed by atoms with van der Waals surface area (Å²) in [4.78, 5) is 21.7. The molecule has 1 aliphatic heterocycles. The third-order valence-corrected chi connectivity index (χ3v) is 5.60. The summed E-state index contributed by atoms with van der Waals surface area (Å²) in [5.74, 6) is 0.257. The minimum Gasteiger partial charge on any atom is -0.365 e. The highest BCUT2D eigenvalue weighted by atomic mass is 32.1. The van der Waals surface area contributed by atoms with Gasteiger partial charge in [-0.2, -0.15) is 0 Å². The Bertz CT molecular complexity index is 688. The van der Waals surface area contributed by atoms with E-state index >= 15 is 0 Å². The number of amides is 1. The largest absolute Gasteiger partial charge is 0.365 e. The van der Waals surface area contributed by atoms with Crippen LogP contribution in [0.5, 0.6) is 0 Å². The van der Waals surface area contributed by atoms with Gasteiger partial charge in [0.05, 0.1) is 5.69 Å². The molecule has 1 aromatic carbocycles. The second-order valence-corrected chi connectivity index (χ2v) is 7.31. The number of thiazole rings is 1. The van der Waals surface area contributed by atoms with Gasteiger partial charge in [-0.15, -0.1) is 11.3 Å². The maximum absolute atomic E-state index is 12.7. The number of carbonyl (C=O) groups is 1. The van der Waals surface area contributed by atoms with E-state index in [1.54, 1.807) is 11.3 Å². The predicted octanol–water partition coefficient (Wildman–Crippen LogP) is 3.20. The summed E-state index contributed by atoms with van der Waals surface area (Å²) in [7, 11) is 1.89. The van der Waals surface area contributed by atoms with E-state index in [4.69, 9.17) is 0 Å². The van der Waals surface area contributed by atoms with Gasteiger partial charge >= 0.3 is 0 Å². The molecule has 2 aromatic rings. The topological polar surface area (TPSA) is 48.5 Å². The predicted molar refractivity (Wildman–Crippen MR) is 103 cm³/mol. The molecule has 1 aromatic heterocycles. The number of carbonyl (C=O) groups excluding carboxylic acids is 1. The van der Waals surface area contributed by atoms with Gasteiger partial charge in [0.2, 0.25) is 5.91 Å². The molecule has 6 heteroatoms. The molecule has 0 bridgehead atoms. The van der Waals surface area contributed by atoms with E-state index in [-0.39, 0.29) is 11.9 Å². The molecule has 1 saturated heterocycles. The lowest BCUT2D eigenvalue weighted by Crippen LogP contribution is -2.42. The Kier molecular flexibility index (Phi) is 6.04. The Hall–Kier alpha value is -1.92. The zero-order chi connectivity index (χ0) is 17.6. The van der Waals surface area contributed by atoms with Gasteiger partial charge in [-0.1, -0.05) is 37.3 Å². The fourth-order valence-electron chi connectivity index (χ4n) is 3.30. The zero-order valence-corrected chi connectivity index (χ0v) is 15.8. The van der Waals surface area contributed by atoms with Crippen LogP contribution in [0.25, 0.3) is 0 Å². The number of hydrogen-bond donors (Lipinski definition) is 1. The molecule has 1 N–H and O–H groups in total. The summed E-state index contributed by atoms with van der Waals surface area (Å²) < 4.78 is 0. The van der Waals surface area contributed by atoms with Crippen LogP contribution in [0.1, 0.15) is 31.0 Å². The molecule has 1 atom stereocenters. The van der Waals surface area contributed by atoms with Crippen molar-refractivity contribution in [1.29, 1.82) is 0 Å². The molecule has 2 heterocycles. The normalized spacial score (nSPS) is 19.0. The SMILES string of the molecule is CC[C@@H]1CN(Cc2csc(NC)n2)CCC(=O)N1Cc1ccccc1. The summed E-state index contributed by atoms with van der Waals surface area (Å²) in [6.07, 6.45) is 1.54. The van der Waals surface area contributed by atoms with Crippen molar-refractivity contribution in [2.24, 2.45) is 0 Å². The minimum absolute atomic E-state index is 0.248. The molecular weight excluding hydrogens is 332 g/mol. The first-order chi connectivity index (χ1) is 12.2. The summed E-state index contributed by atoms with van der Waals surface area (Å²) in [6.45, 7) is 5.38. The van der Waals surface area contributed by atoms with Crippen LogP contribution < -0.4 is 5.32 Å². The summed E-state index contributed by atoms with van der Waals surface area (Å²) in [6, 6.07) is 10.5. The first kappa shape index (κ1) is 17.9. The van der Waals surface area contributed by atoms with Crippen LogP contribution in [-0.2, 0) is 17.9 Å². The third-order valence-electron chi connectivity index (χ3n) is 4.69. The van der Waals surface area contributed by atoms with Gasteiger partial charge in [0.25, 0.3) is 0 Å². The van der Waals surface area contributed by atoms with Crippen molar-refractivity contribution in [2.75, 3.05) is 25.5 Å². The minimum atomic E-state index is 0.248. The highest BCUT2D eigenvalue weighted by molar-refractivity contribution is 7.13. The lowest BCUT2D eigenvalue weighted by atomic mass is 10.1. The van der Waals surface area contributed by atoms with Gasteiger partial charge < -0.3 is 10.2 Å². The second kappa shape index (κ2) is 8.45. The number of nitrogens with one attached hydrogen (secondary N) is 1. The molecule has 0 spiro atoms. The number of benzene rings is 1. The first-order valence-corrected chi connectivity index (χ1v) is 9.75. The molecule has 134 valence electrons. The van der Waals surface area contributed by atoms with Crippen LogP contribution >= 0.6 is 11.3 Å². The summed E-state index contributed by atoms with van der Waals surface area (Å²) >= 11 is 1.63. The van der Waals surface area contributed by atoms with Crippen LogP contribution in [-0.4, -0.2) is 46.9 Å². The highest BCUT2D eigenvalue weighted by Gasteiger charge is 2.28. The molecule has 25 heavy (non-hydrogen) atoms. The van der Waals surface area contributed by atoms with Gasteiger partial charge in [0.15, 0.2) is 5.13 Å². The molecule has 1 fully saturated rings. The van der Waals surface area contributed by atoms with Gasteiger partial charge in [-0.3, -0.25) is 9.69 Å². The van der Waals surface area contributed by atoms with Gasteiger partial charge in [0.1, 0.15) is 0 Å². The molecule has 0 radical (unpaired) electrons. The number of hydrogen-bond acceptors (Lipinski definition) is 5. The van der Waals surface area contributed by atoms with Gasteiger partial charge in [0, 0.05) is 51.1 Å². The quantitative estimate of drug-likeness (QED) is 0.861. The van der Waals surface area contributed by atoms with Crippen LogP contribution in [0.15, 0.2) is 35.7 Å². The average Bonchev–Trinajstić information content (AvgIpc) is 3.04. The molecule has 5 nitrogen and oxygen atoms in total. The molecule has 3 rings (SSSR count). The Labute approximate surface area is 153 Å². The molecular formula is C19H26N4OS. The van der Waals surface area contributed by atoms with Crippen molar-refractivity contribution < 1.29 is 4.79 Å². The van der Waals surface area contributed by atoms with E-state index in [1.807, 2.05) is 25.2 Å². The van der Waals surface area contributed by atoms with Crippen LogP contribution in [0.3, 0.4) is 0 Å².